The Balaban J connectivity index is 3.08. The van der Waals surface area contributed by atoms with Crippen LogP contribution in [0.2, 0.25) is 0 Å². The number of hydrogen-bond donors (Lipinski definition) is 3. The Hall–Kier alpha value is -1.40. The first-order valence-electron chi connectivity index (χ1n) is 3.86. The molecule has 14 heavy (non-hydrogen) atoms. The van der Waals surface area contributed by atoms with Crippen molar-refractivity contribution in [2.75, 3.05) is 7.05 Å². The van der Waals surface area contributed by atoms with Gasteiger partial charge in [0, 0.05) is 7.05 Å². The van der Waals surface area contributed by atoms with Crippen LogP contribution in [0, 0.1) is 0 Å². The molecule has 0 aliphatic carbocycles. The standard InChI is InChI=1S/C8H10N2O3S/c1-9-8(12)6(10-13)7-5(4-11)2-3-14-7/h2-3,11,13H,4H2,1H3,(H,9,12)/b10-6+. The van der Waals surface area contributed by atoms with Gasteiger partial charge in [-0.1, -0.05) is 5.16 Å². The number of aliphatic hydroxyl groups is 1. The summed E-state index contributed by atoms with van der Waals surface area (Å²) in [4.78, 5) is 11.7. The average Bonchev–Trinajstić information content (AvgIpc) is 2.66. The van der Waals surface area contributed by atoms with Gasteiger partial charge in [0.1, 0.15) is 0 Å². The van der Waals surface area contributed by atoms with Crippen LogP contribution in [0.5, 0.6) is 0 Å². The smallest absolute Gasteiger partial charge is 0.274 e. The lowest BCUT2D eigenvalue weighted by Crippen LogP contribution is -2.28. The van der Waals surface area contributed by atoms with Crippen LogP contribution >= 0.6 is 11.3 Å². The summed E-state index contributed by atoms with van der Waals surface area (Å²) in [5.41, 5.74) is 0.498. The zero-order valence-electron chi connectivity index (χ0n) is 7.52. The summed E-state index contributed by atoms with van der Waals surface area (Å²) in [7, 11) is 1.44. The Morgan fingerprint density at radius 3 is 2.93 bits per heavy atom. The van der Waals surface area contributed by atoms with E-state index in [1.54, 1.807) is 11.4 Å². The van der Waals surface area contributed by atoms with Crippen LogP contribution in [0.15, 0.2) is 16.6 Å². The fourth-order valence-corrected chi connectivity index (χ4v) is 1.88. The monoisotopic (exact) mass is 214 g/mol. The Morgan fingerprint density at radius 2 is 2.43 bits per heavy atom. The number of oxime groups is 1. The van der Waals surface area contributed by atoms with Gasteiger partial charge < -0.3 is 15.6 Å². The Bertz CT molecular complexity index is 359. The number of aliphatic hydroxyl groups excluding tert-OH is 1. The van der Waals surface area contributed by atoms with E-state index in [0.717, 1.165) is 0 Å². The first-order chi connectivity index (χ1) is 6.74. The third kappa shape index (κ3) is 1.91. The molecule has 1 amide bonds. The van der Waals surface area contributed by atoms with E-state index in [-0.39, 0.29) is 12.3 Å². The summed E-state index contributed by atoms with van der Waals surface area (Å²) in [5.74, 6) is -0.482. The van der Waals surface area contributed by atoms with Crippen molar-refractivity contribution in [3.05, 3.63) is 21.9 Å². The minimum Gasteiger partial charge on any atom is -0.410 e. The molecule has 0 unspecified atom stereocenters. The van der Waals surface area contributed by atoms with Gasteiger partial charge in [-0.25, -0.2) is 0 Å². The molecule has 6 heteroatoms. The van der Waals surface area contributed by atoms with Gasteiger partial charge in [-0.2, -0.15) is 0 Å². The minimum atomic E-state index is -0.482. The molecular weight excluding hydrogens is 204 g/mol. The second-order valence-electron chi connectivity index (χ2n) is 2.46. The molecular formula is C8H10N2O3S. The van der Waals surface area contributed by atoms with Crippen LogP contribution in [-0.2, 0) is 11.4 Å². The fraction of sp³-hybridized carbons (Fsp3) is 0.250. The highest BCUT2D eigenvalue weighted by Crippen LogP contribution is 2.17. The number of hydrogen-bond acceptors (Lipinski definition) is 5. The molecule has 0 aliphatic rings. The van der Waals surface area contributed by atoms with E-state index in [0.29, 0.717) is 10.4 Å². The van der Waals surface area contributed by atoms with Crippen molar-refractivity contribution in [3.63, 3.8) is 0 Å². The summed E-state index contributed by atoms with van der Waals surface area (Å²) >= 11 is 1.24. The molecule has 0 saturated carbocycles. The van der Waals surface area contributed by atoms with Crippen molar-refractivity contribution in [2.45, 2.75) is 6.61 Å². The third-order valence-electron chi connectivity index (χ3n) is 1.67. The van der Waals surface area contributed by atoms with E-state index in [4.69, 9.17) is 10.3 Å². The highest BCUT2D eigenvalue weighted by Gasteiger charge is 2.17. The number of carbonyl (C=O) groups excluding carboxylic acids is 1. The van der Waals surface area contributed by atoms with Crippen molar-refractivity contribution in [1.29, 1.82) is 0 Å². The number of nitrogens with zero attached hydrogens (tertiary/aromatic N) is 1. The molecule has 1 aromatic rings. The molecule has 0 atom stereocenters. The third-order valence-corrected chi connectivity index (χ3v) is 2.64. The molecule has 3 N–H and O–H groups in total. The minimum absolute atomic E-state index is 0.0773. The van der Waals surface area contributed by atoms with Gasteiger partial charge in [-0.15, -0.1) is 11.3 Å². The summed E-state index contributed by atoms with van der Waals surface area (Å²) < 4.78 is 0. The maximum Gasteiger partial charge on any atom is 0.274 e. The van der Waals surface area contributed by atoms with Gasteiger partial charge in [0.15, 0.2) is 5.71 Å². The molecule has 1 aromatic heterocycles. The fourth-order valence-electron chi connectivity index (χ4n) is 0.980. The molecule has 0 spiro atoms. The quantitative estimate of drug-likeness (QED) is 0.381. The SMILES string of the molecule is CNC(=O)/C(=N/O)c1sccc1CO. The molecule has 5 nitrogen and oxygen atoms in total. The van der Waals surface area contributed by atoms with Crippen molar-refractivity contribution in [1.82, 2.24) is 5.32 Å². The maximum absolute atomic E-state index is 11.2. The maximum atomic E-state index is 11.2. The number of likely N-dealkylation sites (N-methyl/N-ethyl adjacent to an activating group) is 1. The summed E-state index contributed by atoms with van der Waals surface area (Å²) in [6, 6.07) is 1.67. The first kappa shape index (κ1) is 10.7. The topological polar surface area (TPSA) is 81.9 Å². The second kappa shape index (κ2) is 4.73. The molecule has 76 valence electrons. The molecule has 0 saturated heterocycles. The summed E-state index contributed by atoms with van der Waals surface area (Å²) in [5, 5.41) is 24.6. The number of nitrogens with one attached hydrogen (secondary N) is 1. The lowest BCUT2D eigenvalue weighted by Gasteiger charge is -2.02. The lowest BCUT2D eigenvalue weighted by atomic mass is 10.2. The van der Waals surface area contributed by atoms with Crippen molar-refractivity contribution < 1.29 is 15.1 Å². The highest BCUT2D eigenvalue weighted by atomic mass is 32.1. The van der Waals surface area contributed by atoms with Crippen LogP contribution in [0.25, 0.3) is 0 Å². The molecule has 0 fully saturated rings. The average molecular weight is 214 g/mol. The van der Waals surface area contributed by atoms with Gasteiger partial charge in [-0.05, 0) is 17.0 Å². The first-order valence-corrected chi connectivity index (χ1v) is 4.74. The predicted octanol–water partition coefficient (Wildman–Crippen LogP) is 0.165. The molecule has 0 bridgehead atoms. The van der Waals surface area contributed by atoms with Crippen molar-refractivity contribution >= 4 is 23.0 Å². The van der Waals surface area contributed by atoms with Crippen LogP contribution in [0.4, 0.5) is 0 Å². The Morgan fingerprint density at radius 1 is 1.71 bits per heavy atom. The number of carbonyl (C=O) groups is 1. The Labute approximate surface area is 84.7 Å². The second-order valence-corrected chi connectivity index (χ2v) is 3.38. The molecule has 1 rings (SSSR count). The highest BCUT2D eigenvalue weighted by molar-refractivity contribution is 7.13. The zero-order chi connectivity index (χ0) is 10.6. The van der Waals surface area contributed by atoms with E-state index < -0.39 is 5.91 Å². The zero-order valence-corrected chi connectivity index (χ0v) is 8.34. The van der Waals surface area contributed by atoms with Crippen molar-refractivity contribution in [3.8, 4) is 0 Å². The van der Waals surface area contributed by atoms with Crippen molar-refractivity contribution in [2.24, 2.45) is 5.16 Å². The van der Waals surface area contributed by atoms with Gasteiger partial charge in [-0.3, -0.25) is 4.79 Å². The molecule has 0 aliphatic heterocycles. The number of amides is 1. The van der Waals surface area contributed by atoms with Crippen LogP contribution in [0.1, 0.15) is 10.4 Å². The van der Waals surface area contributed by atoms with E-state index in [1.165, 1.54) is 18.4 Å². The lowest BCUT2D eigenvalue weighted by molar-refractivity contribution is -0.114. The Kier molecular flexibility index (Phi) is 3.61. The number of thiophene rings is 1. The predicted molar refractivity (Wildman–Crippen MR) is 52.6 cm³/mol. The van der Waals surface area contributed by atoms with Crippen LogP contribution in [0.3, 0.4) is 0 Å². The van der Waals surface area contributed by atoms with E-state index in [9.17, 15) is 4.79 Å². The van der Waals surface area contributed by atoms with E-state index in [2.05, 4.69) is 10.5 Å². The normalized spacial score (nSPS) is 11.4. The van der Waals surface area contributed by atoms with E-state index in [1.807, 2.05) is 0 Å². The molecule has 1 heterocycles. The number of rotatable bonds is 3. The molecule has 0 radical (unpaired) electrons. The van der Waals surface area contributed by atoms with Gasteiger partial charge >= 0.3 is 0 Å². The van der Waals surface area contributed by atoms with Gasteiger partial charge in [0.05, 0.1) is 11.5 Å². The van der Waals surface area contributed by atoms with Crippen LogP contribution in [-0.4, -0.2) is 29.0 Å². The van der Waals surface area contributed by atoms with E-state index >= 15 is 0 Å². The summed E-state index contributed by atoms with van der Waals surface area (Å²) in [6.45, 7) is -0.186. The van der Waals surface area contributed by atoms with Gasteiger partial charge in [0.2, 0.25) is 0 Å². The van der Waals surface area contributed by atoms with Crippen LogP contribution < -0.4 is 5.32 Å². The molecule has 0 aromatic carbocycles. The summed E-state index contributed by atoms with van der Waals surface area (Å²) in [6.07, 6.45) is 0. The van der Waals surface area contributed by atoms with Gasteiger partial charge in [0.25, 0.3) is 5.91 Å². The largest absolute Gasteiger partial charge is 0.410 e.